The first-order valence-electron chi connectivity index (χ1n) is 11.4. The van der Waals surface area contributed by atoms with Crippen molar-refractivity contribution in [3.8, 4) is 0 Å². The fraction of sp³-hybridized carbons (Fsp3) is 0.609. The molecule has 2 aliphatic rings. The SMILES string of the molecule is CCc1cnc(N2CCC(C3CC3COCc3ccc(S(=O)(=O)CCO)cn3)CC2)nc1. The highest BCUT2D eigenvalue weighted by atomic mass is 32.2. The Morgan fingerprint density at radius 2 is 1.88 bits per heavy atom. The Labute approximate surface area is 190 Å². The summed E-state index contributed by atoms with van der Waals surface area (Å²) in [5.74, 6) is 2.64. The van der Waals surface area contributed by atoms with Gasteiger partial charge in [-0.2, -0.15) is 0 Å². The second-order valence-corrected chi connectivity index (χ2v) is 10.9. The van der Waals surface area contributed by atoms with Gasteiger partial charge in [-0.15, -0.1) is 0 Å². The van der Waals surface area contributed by atoms with Crippen LogP contribution in [0.25, 0.3) is 0 Å². The van der Waals surface area contributed by atoms with Gasteiger partial charge >= 0.3 is 0 Å². The number of rotatable bonds is 10. The topological polar surface area (TPSA) is 106 Å². The summed E-state index contributed by atoms with van der Waals surface area (Å²) in [5, 5.41) is 8.86. The molecule has 2 aromatic rings. The fourth-order valence-corrected chi connectivity index (χ4v) is 5.46. The Hall–Kier alpha value is -2.10. The van der Waals surface area contributed by atoms with E-state index in [0.29, 0.717) is 18.2 Å². The molecular formula is C23H32N4O4S. The summed E-state index contributed by atoms with van der Waals surface area (Å²) >= 11 is 0. The van der Waals surface area contributed by atoms with Crippen molar-refractivity contribution in [2.45, 2.75) is 44.1 Å². The molecule has 2 fully saturated rings. The van der Waals surface area contributed by atoms with Gasteiger partial charge in [0, 0.05) is 31.7 Å². The summed E-state index contributed by atoms with van der Waals surface area (Å²) in [6.07, 6.45) is 9.73. The Morgan fingerprint density at radius 1 is 1.12 bits per heavy atom. The molecule has 174 valence electrons. The molecule has 1 saturated carbocycles. The van der Waals surface area contributed by atoms with Crippen LogP contribution in [0.15, 0.2) is 35.6 Å². The molecule has 1 N–H and O–H groups in total. The predicted molar refractivity (Wildman–Crippen MR) is 121 cm³/mol. The van der Waals surface area contributed by atoms with Crippen molar-refractivity contribution in [2.24, 2.45) is 17.8 Å². The molecule has 4 rings (SSSR count). The predicted octanol–water partition coefficient (Wildman–Crippen LogP) is 2.27. The van der Waals surface area contributed by atoms with Crippen LogP contribution in [0.3, 0.4) is 0 Å². The van der Waals surface area contributed by atoms with E-state index in [-0.39, 0.29) is 10.6 Å². The maximum atomic E-state index is 11.9. The first kappa shape index (κ1) is 23.1. The third-order valence-electron chi connectivity index (χ3n) is 6.60. The van der Waals surface area contributed by atoms with Crippen molar-refractivity contribution in [2.75, 3.05) is 37.0 Å². The van der Waals surface area contributed by atoms with Gasteiger partial charge in [-0.1, -0.05) is 6.92 Å². The van der Waals surface area contributed by atoms with Gasteiger partial charge in [-0.3, -0.25) is 4.98 Å². The smallest absolute Gasteiger partial charge is 0.225 e. The number of pyridine rings is 1. The van der Waals surface area contributed by atoms with E-state index in [9.17, 15) is 8.42 Å². The third kappa shape index (κ3) is 5.63. The quantitative estimate of drug-likeness (QED) is 0.576. The van der Waals surface area contributed by atoms with Crippen molar-refractivity contribution in [1.82, 2.24) is 15.0 Å². The molecule has 0 radical (unpaired) electrons. The minimum atomic E-state index is -3.46. The van der Waals surface area contributed by atoms with Crippen molar-refractivity contribution in [3.05, 3.63) is 42.0 Å². The van der Waals surface area contributed by atoms with Gasteiger partial charge in [0.1, 0.15) is 0 Å². The number of aliphatic hydroxyl groups excluding tert-OH is 1. The Morgan fingerprint density at radius 3 is 2.50 bits per heavy atom. The van der Waals surface area contributed by atoms with Crippen LogP contribution >= 0.6 is 0 Å². The van der Waals surface area contributed by atoms with Crippen LogP contribution in [0.1, 0.15) is 37.4 Å². The van der Waals surface area contributed by atoms with Crippen molar-refractivity contribution < 1.29 is 18.3 Å². The summed E-state index contributed by atoms with van der Waals surface area (Å²) in [7, 11) is -3.46. The zero-order valence-electron chi connectivity index (χ0n) is 18.6. The van der Waals surface area contributed by atoms with E-state index in [1.807, 2.05) is 12.4 Å². The van der Waals surface area contributed by atoms with Gasteiger partial charge < -0.3 is 14.7 Å². The van der Waals surface area contributed by atoms with Gasteiger partial charge in [0.05, 0.1) is 36.2 Å². The third-order valence-corrected chi connectivity index (χ3v) is 8.28. The highest BCUT2D eigenvalue weighted by Crippen LogP contribution is 2.48. The van der Waals surface area contributed by atoms with Crippen LogP contribution < -0.4 is 4.90 Å². The van der Waals surface area contributed by atoms with Crippen molar-refractivity contribution >= 4 is 15.8 Å². The average molecular weight is 461 g/mol. The summed E-state index contributed by atoms with van der Waals surface area (Å²) in [6.45, 7) is 4.84. The molecule has 2 atom stereocenters. The zero-order valence-corrected chi connectivity index (χ0v) is 19.4. The van der Waals surface area contributed by atoms with Crippen LogP contribution in [0.4, 0.5) is 5.95 Å². The fourth-order valence-electron chi connectivity index (χ4n) is 4.49. The lowest BCUT2D eigenvalue weighted by molar-refractivity contribution is 0.102. The van der Waals surface area contributed by atoms with Crippen molar-refractivity contribution in [3.63, 3.8) is 0 Å². The molecule has 0 amide bonds. The summed E-state index contributed by atoms with van der Waals surface area (Å²) in [6, 6.07) is 3.21. The van der Waals surface area contributed by atoms with E-state index in [0.717, 1.165) is 43.9 Å². The number of nitrogens with zero attached hydrogens (tertiary/aromatic N) is 4. The molecule has 9 heteroatoms. The number of hydrogen-bond donors (Lipinski definition) is 1. The number of hydrogen-bond acceptors (Lipinski definition) is 8. The first-order valence-corrected chi connectivity index (χ1v) is 13.1. The molecule has 2 unspecified atom stereocenters. The molecule has 1 saturated heterocycles. The molecule has 32 heavy (non-hydrogen) atoms. The molecule has 2 aromatic heterocycles. The molecule has 8 nitrogen and oxygen atoms in total. The Bertz CT molecular complexity index is 974. The van der Waals surface area contributed by atoms with E-state index in [1.54, 1.807) is 6.07 Å². The monoisotopic (exact) mass is 460 g/mol. The van der Waals surface area contributed by atoms with Crippen LogP contribution in [-0.4, -0.2) is 60.5 Å². The maximum absolute atomic E-state index is 11.9. The number of anilines is 1. The standard InChI is InChI=1S/C23H32N4O4S/c1-2-17-12-25-23(26-13-17)27-7-5-18(6-8-27)22-11-19(22)15-31-16-20-3-4-21(14-24-20)32(29,30)10-9-28/h3-4,12-14,18-19,22,28H,2,5-11,15-16H2,1H3. The number of piperidine rings is 1. The van der Waals surface area contributed by atoms with E-state index in [4.69, 9.17) is 9.84 Å². The van der Waals surface area contributed by atoms with E-state index in [1.165, 1.54) is 37.1 Å². The lowest BCUT2D eigenvalue weighted by atomic mass is 9.91. The number of sulfone groups is 1. The molecular weight excluding hydrogens is 428 g/mol. The van der Waals surface area contributed by atoms with Gasteiger partial charge in [0.25, 0.3) is 0 Å². The second-order valence-electron chi connectivity index (χ2n) is 8.77. The molecule has 0 spiro atoms. The normalized spacial score (nSPS) is 21.6. The number of ether oxygens (including phenoxy) is 1. The molecule has 0 aromatic carbocycles. The summed E-state index contributed by atoms with van der Waals surface area (Å²) < 4.78 is 29.7. The second kappa shape index (κ2) is 10.2. The van der Waals surface area contributed by atoms with Crippen LogP contribution in [0.5, 0.6) is 0 Å². The lowest BCUT2D eigenvalue weighted by Gasteiger charge is -2.32. The minimum absolute atomic E-state index is 0.135. The highest BCUT2D eigenvalue weighted by Gasteiger charge is 2.43. The van der Waals surface area contributed by atoms with Crippen LogP contribution in [0, 0.1) is 17.8 Å². The lowest BCUT2D eigenvalue weighted by Crippen LogP contribution is -2.35. The van der Waals surface area contributed by atoms with Gasteiger partial charge in [-0.05, 0) is 61.1 Å². The van der Waals surface area contributed by atoms with E-state index >= 15 is 0 Å². The van der Waals surface area contributed by atoms with Gasteiger partial charge in [0.15, 0.2) is 9.84 Å². The minimum Gasteiger partial charge on any atom is -0.395 e. The van der Waals surface area contributed by atoms with Crippen LogP contribution in [0.2, 0.25) is 0 Å². The zero-order chi connectivity index (χ0) is 22.6. The Kier molecular flexibility index (Phi) is 7.37. The van der Waals surface area contributed by atoms with Gasteiger partial charge in [0.2, 0.25) is 5.95 Å². The molecule has 0 bridgehead atoms. The molecule has 1 aliphatic carbocycles. The largest absolute Gasteiger partial charge is 0.395 e. The molecule has 1 aliphatic heterocycles. The number of aromatic nitrogens is 3. The van der Waals surface area contributed by atoms with Gasteiger partial charge in [-0.25, -0.2) is 18.4 Å². The highest BCUT2D eigenvalue weighted by molar-refractivity contribution is 7.91. The Balaban J connectivity index is 1.17. The summed E-state index contributed by atoms with van der Waals surface area (Å²) in [4.78, 5) is 15.7. The van der Waals surface area contributed by atoms with Crippen LogP contribution in [-0.2, 0) is 27.6 Å². The van der Waals surface area contributed by atoms with E-state index in [2.05, 4.69) is 26.8 Å². The number of aliphatic hydroxyl groups is 1. The van der Waals surface area contributed by atoms with Crippen molar-refractivity contribution in [1.29, 1.82) is 0 Å². The summed E-state index contributed by atoms with van der Waals surface area (Å²) in [5.41, 5.74) is 1.88. The molecule has 3 heterocycles. The average Bonchev–Trinajstić information content (AvgIpc) is 3.59. The first-order chi connectivity index (χ1) is 15.5. The van der Waals surface area contributed by atoms with E-state index < -0.39 is 16.4 Å². The maximum Gasteiger partial charge on any atom is 0.225 e. The number of aryl methyl sites for hydroxylation is 1.